The van der Waals surface area contributed by atoms with Gasteiger partial charge in [0.1, 0.15) is 11.6 Å². The summed E-state index contributed by atoms with van der Waals surface area (Å²) < 4.78 is 57.2. The van der Waals surface area contributed by atoms with Crippen LogP contribution in [-0.4, -0.2) is 41.4 Å². The third-order valence-electron chi connectivity index (χ3n) is 5.00. The predicted molar refractivity (Wildman–Crippen MR) is 89.8 cm³/mol. The fraction of sp³-hybridized carbons (Fsp3) is 0.471. The van der Waals surface area contributed by atoms with Gasteiger partial charge in [-0.1, -0.05) is 0 Å². The van der Waals surface area contributed by atoms with E-state index >= 15 is 0 Å². The average Bonchev–Trinajstić information content (AvgIpc) is 3.16. The Balaban J connectivity index is 1.40. The molecule has 2 atom stereocenters. The average molecular weight is 383 g/mol. The molecule has 0 radical (unpaired) electrons. The van der Waals surface area contributed by atoms with Gasteiger partial charge in [-0.05, 0) is 31.0 Å². The summed E-state index contributed by atoms with van der Waals surface area (Å²) in [5.74, 6) is -0.925. The first-order chi connectivity index (χ1) is 12.3. The summed E-state index contributed by atoms with van der Waals surface area (Å²) in [6.07, 6.45) is 3.62. The van der Waals surface area contributed by atoms with E-state index < -0.39 is 27.8 Å². The smallest absolute Gasteiger partial charge is 0.250 e. The lowest BCUT2D eigenvalue weighted by Crippen LogP contribution is -2.38. The molecule has 1 saturated heterocycles. The van der Waals surface area contributed by atoms with Crippen LogP contribution >= 0.6 is 0 Å². The van der Waals surface area contributed by atoms with Crippen LogP contribution in [0.2, 0.25) is 0 Å². The van der Waals surface area contributed by atoms with Crippen LogP contribution in [0.25, 0.3) is 0 Å². The quantitative estimate of drug-likeness (QED) is 0.813. The Bertz CT molecular complexity index is 913. The summed E-state index contributed by atoms with van der Waals surface area (Å²) in [5.41, 5.74) is 1.92. The molecule has 140 valence electrons. The highest BCUT2D eigenvalue weighted by molar-refractivity contribution is 7.89. The molecule has 6 nitrogen and oxygen atoms in total. The molecule has 1 aromatic heterocycles. The normalized spacial score (nSPS) is 24.0. The first-order valence-electron chi connectivity index (χ1n) is 8.40. The number of halogens is 2. The maximum atomic E-state index is 13.9. The summed E-state index contributed by atoms with van der Waals surface area (Å²) in [7, 11) is -3.37. The number of aromatic nitrogens is 2. The van der Waals surface area contributed by atoms with Gasteiger partial charge in [0.2, 0.25) is 0 Å². The van der Waals surface area contributed by atoms with Crippen LogP contribution < -0.4 is 0 Å². The molecule has 0 unspecified atom stereocenters. The summed E-state index contributed by atoms with van der Waals surface area (Å²) >= 11 is 0. The fourth-order valence-electron chi connectivity index (χ4n) is 3.61. The minimum atomic E-state index is -3.37. The highest BCUT2D eigenvalue weighted by Gasteiger charge is 2.33. The lowest BCUT2D eigenvalue weighted by molar-refractivity contribution is -0.0413. The first kappa shape index (κ1) is 17.6. The van der Waals surface area contributed by atoms with Crippen LogP contribution in [0.3, 0.4) is 0 Å². The largest absolute Gasteiger partial charge is 0.372 e. The number of fused-ring (bicyclic) bond motifs is 1. The number of hydrogen-bond acceptors (Lipinski definition) is 5. The van der Waals surface area contributed by atoms with E-state index in [-0.39, 0.29) is 11.6 Å². The van der Waals surface area contributed by atoms with Gasteiger partial charge in [-0.15, -0.1) is 0 Å². The number of rotatable bonds is 3. The Kier molecular flexibility index (Phi) is 4.32. The molecule has 0 bridgehead atoms. The van der Waals surface area contributed by atoms with Gasteiger partial charge >= 0.3 is 0 Å². The third-order valence-corrected chi connectivity index (χ3v) is 5.86. The molecular weight excluding hydrogens is 364 g/mol. The molecule has 2 aliphatic heterocycles. The molecule has 0 amide bonds. The van der Waals surface area contributed by atoms with Crippen LogP contribution in [0.15, 0.2) is 24.4 Å². The minimum Gasteiger partial charge on any atom is -0.372 e. The van der Waals surface area contributed by atoms with Gasteiger partial charge in [0, 0.05) is 36.5 Å². The molecular formula is C17H19F2N3O3S. The second kappa shape index (κ2) is 6.40. The standard InChI is InChI=1S/C17H19F2N3O3S/c1-26(23,24)22-8-11-7-21(9-16(11)20-22)13-3-5-17(25-10-13)14-6-12(18)2-4-15(14)19/h2,4,6,8,13,17H,3,5,7,9-10H2,1H3/t13-,17-/m1/s1. The molecule has 3 heterocycles. The van der Waals surface area contributed by atoms with Gasteiger partial charge in [0.25, 0.3) is 10.0 Å². The number of ether oxygens (including phenoxy) is 1. The maximum Gasteiger partial charge on any atom is 0.250 e. The van der Waals surface area contributed by atoms with Gasteiger partial charge in [-0.3, -0.25) is 4.90 Å². The van der Waals surface area contributed by atoms with Crippen LogP contribution in [-0.2, 0) is 27.8 Å². The number of benzene rings is 1. The monoisotopic (exact) mass is 383 g/mol. The van der Waals surface area contributed by atoms with Crippen molar-refractivity contribution in [1.82, 2.24) is 14.1 Å². The van der Waals surface area contributed by atoms with Gasteiger partial charge < -0.3 is 4.74 Å². The molecule has 4 rings (SSSR count). The van der Waals surface area contributed by atoms with E-state index in [4.69, 9.17) is 4.74 Å². The molecule has 2 aliphatic rings. The minimum absolute atomic E-state index is 0.142. The van der Waals surface area contributed by atoms with Gasteiger partial charge in [-0.2, -0.15) is 9.19 Å². The van der Waals surface area contributed by atoms with Crippen molar-refractivity contribution in [1.29, 1.82) is 0 Å². The lowest BCUT2D eigenvalue weighted by atomic mass is 9.97. The second-order valence-corrected chi connectivity index (χ2v) is 8.70. The third kappa shape index (κ3) is 3.26. The van der Waals surface area contributed by atoms with Crippen molar-refractivity contribution in [2.45, 2.75) is 38.1 Å². The number of hydrogen-bond donors (Lipinski definition) is 0. The van der Waals surface area contributed by atoms with E-state index in [1.54, 1.807) is 6.20 Å². The molecule has 1 aromatic carbocycles. The molecule has 0 saturated carbocycles. The van der Waals surface area contributed by atoms with Crippen LogP contribution in [0.5, 0.6) is 0 Å². The predicted octanol–water partition coefficient (Wildman–Crippen LogP) is 2.20. The van der Waals surface area contributed by atoms with E-state index in [2.05, 4.69) is 10.00 Å². The summed E-state index contributed by atoms with van der Waals surface area (Å²) in [6, 6.07) is 3.56. The van der Waals surface area contributed by atoms with E-state index in [0.717, 1.165) is 40.2 Å². The van der Waals surface area contributed by atoms with Crippen molar-refractivity contribution in [2.75, 3.05) is 12.9 Å². The summed E-state index contributed by atoms with van der Waals surface area (Å²) in [6.45, 7) is 1.58. The van der Waals surface area contributed by atoms with E-state index in [9.17, 15) is 17.2 Å². The Morgan fingerprint density at radius 3 is 2.69 bits per heavy atom. The molecule has 0 N–H and O–H groups in total. The highest BCUT2D eigenvalue weighted by Crippen LogP contribution is 2.34. The van der Waals surface area contributed by atoms with E-state index in [1.807, 2.05) is 0 Å². The van der Waals surface area contributed by atoms with Crippen molar-refractivity contribution < 1.29 is 21.9 Å². The fourth-order valence-corrected chi connectivity index (χ4v) is 4.18. The Labute approximate surface area is 150 Å². The van der Waals surface area contributed by atoms with Crippen LogP contribution in [0.4, 0.5) is 8.78 Å². The zero-order valence-corrected chi connectivity index (χ0v) is 15.0. The molecule has 9 heteroatoms. The topological polar surface area (TPSA) is 64.4 Å². The van der Waals surface area contributed by atoms with Crippen molar-refractivity contribution in [2.24, 2.45) is 0 Å². The van der Waals surface area contributed by atoms with Gasteiger partial charge in [0.15, 0.2) is 0 Å². The Hall–Kier alpha value is -1.84. The van der Waals surface area contributed by atoms with Crippen LogP contribution in [0, 0.1) is 11.6 Å². The zero-order chi connectivity index (χ0) is 18.5. The van der Waals surface area contributed by atoms with Crippen molar-refractivity contribution in [3.63, 3.8) is 0 Å². The number of nitrogens with zero attached hydrogens (tertiary/aromatic N) is 3. The molecule has 0 aliphatic carbocycles. The Morgan fingerprint density at radius 1 is 1.23 bits per heavy atom. The van der Waals surface area contributed by atoms with Crippen molar-refractivity contribution in [3.8, 4) is 0 Å². The summed E-state index contributed by atoms with van der Waals surface area (Å²) in [5, 5.41) is 4.15. The van der Waals surface area contributed by atoms with E-state index in [0.29, 0.717) is 26.1 Å². The molecule has 0 spiro atoms. The van der Waals surface area contributed by atoms with Gasteiger partial charge in [-0.25, -0.2) is 17.2 Å². The highest BCUT2D eigenvalue weighted by atomic mass is 32.2. The van der Waals surface area contributed by atoms with Crippen LogP contribution in [0.1, 0.15) is 35.8 Å². The van der Waals surface area contributed by atoms with E-state index in [1.165, 1.54) is 6.07 Å². The van der Waals surface area contributed by atoms with Gasteiger partial charge in [0.05, 0.1) is 24.7 Å². The summed E-state index contributed by atoms with van der Waals surface area (Å²) in [4.78, 5) is 2.18. The molecule has 2 aromatic rings. The molecule has 26 heavy (non-hydrogen) atoms. The molecule has 1 fully saturated rings. The first-order valence-corrected chi connectivity index (χ1v) is 10.2. The second-order valence-electron chi connectivity index (χ2n) is 6.86. The lowest BCUT2D eigenvalue weighted by Gasteiger charge is -2.34. The SMILES string of the molecule is CS(=O)(=O)n1cc2c(n1)CN([C@@H]1CC[C@H](c3cc(F)ccc3F)OC1)C2. The van der Waals surface area contributed by atoms with Crippen molar-refractivity contribution in [3.05, 3.63) is 52.9 Å². The Morgan fingerprint density at radius 2 is 2.04 bits per heavy atom. The zero-order valence-electron chi connectivity index (χ0n) is 14.2. The maximum absolute atomic E-state index is 13.9. The van der Waals surface area contributed by atoms with Crippen molar-refractivity contribution >= 4 is 10.0 Å².